The standard InChI is InChI=1S/C31H30S2/c1-2-3-4-5-6-7-8-9-25-18-24-17-22-11-13-26-27(29(22)20-31(24)33-25)12-10-21-16-23-14-15-32-30(23)19-28(21)26/h10-20H,2-9H2,1H3. The lowest BCUT2D eigenvalue weighted by atomic mass is 9.96. The van der Waals surface area contributed by atoms with Crippen LogP contribution in [0.4, 0.5) is 0 Å². The van der Waals surface area contributed by atoms with Crippen LogP contribution in [0, 0.1) is 0 Å². The lowest BCUT2D eigenvalue weighted by Gasteiger charge is -2.08. The van der Waals surface area contributed by atoms with Gasteiger partial charge in [0.05, 0.1) is 0 Å². The number of hydrogen-bond acceptors (Lipinski definition) is 2. The van der Waals surface area contributed by atoms with E-state index in [-0.39, 0.29) is 0 Å². The van der Waals surface area contributed by atoms with E-state index in [1.807, 2.05) is 22.7 Å². The molecule has 0 unspecified atom stereocenters. The molecule has 6 aromatic rings. The number of benzene rings is 4. The maximum atomic E-state index is 2.45. The van der Waals surface area contributed by atoms with E-state index >= 15 is 0 Å². The Hall–Kier alpha value is -2.42. The van der Waals surface area contributed by atoms with Gasteiger partial charge in [-0.25, -0.2) is 0 Å². The number of fused-ring (bicyclic) bond motifs is 7. The Balaban J connectivity index is 1.33. The number of rotatable bonds is 8. The molecule has 0 N–H and O–H groups in total. The summed E-state index contributed by atoms with van der Waals surface area (Å²) in [6, 6.07) is 23.5. The normalized spacial score (nSPS) is 12.2. The van der Waals surface area contributed by atoms with Crippen LogP contribution in [-0.2, 0) is 6.42 Å². The number of thiophene rings is 2. The van der Waals surface area contributed by atoms with E-state index in [0.29, 0.717) is 0 Å². The van der Waals surface area contributed by atoms with Gasteiger partial charge in [0.15, 0.2) is 0 Å². The minimum absolute atomic E-state index is 1.23. The van der Waals surface area contributed by atoms with Gasteiger partial charge in [0, 0.05) is 14.3 Å². The van der Waals surface area contributed by atoms with Crippen LogP contribution in [0.5, 0.6) is 0 Å². The van der Waals surface area contributed by atoms with Crippen LogP contribution in [0.2, 0.25) is 0 Å². The molecule has 166 valence electrons. The maximum absolute atomic E-state index is 2.45. The summed E-state index contributed by atoms with van der Waals surface area (Å²) >= 11 is 3.83. The van der Waals surface area contributed by atoms with Gasteiger partial charge in [-0.2, -0.15) is 0 Å². The van der Waals surface area contributed by atoms with Crippen LogP contribution in [0.3, 0.4) is 0 Å². The summed E-state index contributed by atoms with van der Waals surface area (Å²) in [7, 11) is 0. The predicted octanol–water partition coefficient (Wildman–Crippen LogP) is 10.9. The van der Waals surface area contributed by atoms with Crippen LogP contribution in [0.25, 0.3) is 52.5 Å². The van der Waals surface area contributed by atoms with E-state index in [1.165, 1.54) is 104 Å². The molecule has 0 saturated carbocycles. The van der Waals surface area contributed by atoms with Crippen molar-refractivity contribution in [1.82, 2.24) is 0 Å². The molecular weight excluding hydrogens is 436 g/mol. The van der Waals surface area contributed by atoms with Gasteiger partial charge in [0.1, 0.15) is 0 Å². The van der Waals surface area contributed by atoms with Gasteiger partial charge in [-0.3, -0.25) is 0 Å². The van der Waals surface area contributed by atoms with Crippen LogP contribution in [-0.4, -0.2) is 0 Å². The molecule has 0 aliphatic carbocycles. The summed E-state index contributed by atoms with van der Waals surface area (Å²) in [6.45, 7) is 2.29. The highest BCUT2D eigenvalue weighted by atomic mass is 32.1. The summed E-state index contributed by atoms with van der Waals surface area (Å²) in [5.41, 5.74) is 0. The summed E-state index contributed by atoms with van der Waals surface area (Å²) < 4.78 is 2.81. The highest BCUT2D eigenvalue weighted by Crippen LogP contribution is 2.38. The van der Waals surface area contributed by atoms with Crippen molar-refractivity contribution >= 4 is 75.2 Å². The van der Waals surface area contributed by atoms with Crippen LogP contribution < -0.4 is 0 Å². The maximum Gasteiger partial charge on any atom is 0.0352 e. The lowest BCUT2D eigenvalue weighted by Crippen LogP contribution is -1.83. The molecule has 6 rings (SSSR count). The molecule has 0 radical (unpaired) electrons. The summed E-state index contributed by atoms with van der Waals surface area (Å²) in [6.07, 6.45) is 10.9. The third kappa shape index (κ3) is 4.05. The predicted molar refractivity (Wildman–Crippen MR) is 151 cm³/mol. The van der Waals surface area contributed by atoms with E-state index in [9.17, 15) is 0 Å². The van der Waals surface area contributed by atoms with Crippen molar-refractivity contribution in [3.63, 3.8) is 0 Å². The first-order chi connectivity index (χ1) is 16.3. The third-order valence-electron chi connectivity index (χ3n) is 7.12. The summed E-state index contributed by atoms with van der Waals surface area (Å²) in [5, 5.41) is 13.1. The molecule has 0 saturated heterocycles. The number of aryl methyl sites for hydroxylation is 1. The topological polar surface area (TPSA) is 0 Å². The number of unbranched alkanes of at least 4 members (excludes halogenated alkanes) is 6. The van der Waals surface area contributed by atoms with Crippen LogP contribution >= 0.6 is 22.7 Å². The lowest BCUT2D eigenvalue weighted by molar-refractivity contribution is 0.590. The van der Waals surface area contributed by atoms with Gasteiger partial charge in [-0.15, -0.1) is 22.7 Å². The number of hydrogen-bond donors (Lipinski definition) is 0. The molecule has 0 fully saturated rings. The van der Waals surface area contributed by atoms with Crippen molar-refractivity contribution in [2.75, 3.05) is 0 Å². The molecule has 0 aliphatic heterocycles. The van der Waals surface area contributed by atoms with E-state index in [0.717, 1.165) is 0 Å². The average molecular weight is 467 g/mol. The highest BCUT2D eigenvalue weighted by molar-refractivity contribution is 7.19. The van der Waals surface area contributed by atoms with Crippen molar-refractivity contribution < 1.29 is 0 Å². The molecular formula is C31H30S2. The van der Waals surface area contributed by atoms with E-state index < -0.39 is 0 Å². The molecule has 4 aromatic carbocycles. The Morgan fingerprint density at radius 1 is 0.545 bits per heavy atom. The summed E-state index contributed by atoms with van der Waals surface area (Å²) in [5.74, 6) is 0. The Morgan fingerprint density at radius 2 is 1.21 bits per heavy atom. The zero-order valence-corrected chi connectivity index (χ0v) is 21.0. The fourth-order valence-electron chi connectivity index (χ4n) is 5.30. The second-order valence-electron chi connectivity index (χ2n) is 9.45. The van der Waals surface area contributed by atoms with Gasteiger partial charge >= 0.3 is 0 Å². The monoisotopic (exact) mass is 466 g/mol. The van der Waals surface area contributed by atoms with Crippen molar-refractivity contribution in [3.8, 4) is 0 Å². The molecule has 0 aliphatic rings. The zero-order valence-electron chi connectivity index (χ0n) is 19.3. The molecule has 2 heteroatoms. The fourth-order valence-corrected chi connectivity index (χ4v) is 7.24. The van der Waals surface area contributed by atoms with Crippen molar-refractivity contribution in [2.24, 2.45) is 0 Å². The van der Waals surface area contributed by atoms with E-state index in [4.69, 9.17) is 0 Å². The second kappa shape index (κ2) is 9.08. The van der Waals surface area contributed by atoms with Crippen molar-refractivity contribution in [3.05, 3.63) is 70.9 Å². The Kier molecular flexibility index (Phi) is 5.82. The smallest absolute Gasteiger partial charge is 0.0352 e. The van der Waals surface area contributed by atoms with Gasteiger partial charge in [-0.1, -0.05) is 69.7 Å². The molecule has 2 heterocycles. The summed E-state index contributed by atoms with van der Waals surface area (Å²) in [4.78, 5) is 1.55. The second-order valence-corrected chi connectivity index (χ2v) is 11.6. The largest absolute Gasteiger partial charge is 0.144 e. The first kappa shape index (κ1) is 21.1. The Labute approximate surface area is 203 Å². The highest BCUT2D eigenvalue weighted by Gasteiger charge is 2.10. The molecule has 33 heavy (non-hydrogen) atoms. The van der Waals surface area contributed by atoms with Crippen LogP contribution in [0.1, 0.15) is 56.7 Å². The minimum Gasteiger partial charge on any atom is -0.144 e. The Morgan fingerprint density at radius 3 is 1.97 bits per heavy atom. The molecule has 0 spiro atoms. The van der Waals surface area contributed by atoms with Crippen molar-refractivity contribution in [2.45, 2.75) is 58.3 Å². The van der Waals surface area contributed by atoms with Gasteiger partial charge in [0.25, 0.3) is 0 Å². The van der Waals surface area contributed by atoms with Gasteiger partial charge in [-0.05, 0) is 97.7 Å². The first-order valence-electron chi connectivity index (χ1n) is 12.5. The average Bonchev–Trinajstić information content (AvgIpc) is 3.46. The first-order valence-corrected chi connectivity index (χ1v) is 14.2. The van der Waals surface area contributed by atoms with Gasteiger partial charge < -0.3 is 0 Å². The molecule has 2 aromatic heterocycles. The minimum atomic E-state index is 1.23. The van der Waals surface area contributed by atoms with Gasteiger partial charge in [0.2, 0.25) is 0 Å². The quantitative estimate of drug-likeness (QED) is 0.154. The van der Waals surface area contributed by atoms with E-state index in [1.54, 1.807) is 4.88 Å². The molecule has 0 amide bonds. The molecule has 0 atom stereocenters. The van der Waals surface area contributed by atoms with Crippen LogP contribution in [0.15, 0.2) is 66.0 Å². The SMILES string of the molecule is CCCCCCCCCc1cc2cc3ccc4c5cc6sccc6cc5ccc4c3cc2s1. The van der Waals surface area contributed by atoms with Crippen molar-refractivity contribution in [1.29, 1.82) is 0 Å². The fraction of sp³-hybridized carbons (Fsp3) is 0.290. The Bertz CT molecular complexity index is 1580. The third-order valence-corrected chi connectivity index (χ3v) is 9.16. The van der Waals surface area contributed by atoms with E-state index in [2.05, 4.69) is 73.0 Å². The zero-order chi connectivity index (χ0) is 22.2. The molecule has 0 bridgehead atoms. The molecule has 0 nitrogen and oxygen atoms in total.